The Morgan fingerprint density at radius 2 is 1.93 bits per heavy atom. The van der Waals surface area contributed by atoms with Gasteiger partial charge in [0.1, 0.15) is 29.6 Å². The number of pyridine rings is 1. The number of amides is 1. The van der Waals surface area contributed by atoms with Gasteiger partial charge in [-0.3, -0.25) is 4.98 Å². The lowest BCUT2D eigenvalue weighted by Crippen LogP contribution is -2.43. The fourth-order valence-electron chi connectivity index (χ4n) is 2.22. The van der Waals surface area contributed by atoms with E-state index in [1.807, 2.05) is 0 Å². The van der Waals surface area contributed by atoms with Crippen LogP contribution in [0, 0.1) is 11.6 Å². The molecule has 0 spiro atoms. The number of nitrogens with zero attached hydrogens (tertiary/aromatic N) is 1. The molecule has 1 aromatic heterocycles. The standard InChI is InChI=1S/C19H22F2N4O3/c1-19(2,3)28-18(27)25-15(11-26)10-23-16-5-4-12(20)7-17(16)24-14-6-13(21)8-22-9-14/h4-9,11,15,23-24H,10H2,1-3H3,(H,25,27). The zero-order valence-corrected chi connectivity index (χ0v) is 15.8. The molecule has 1 aromatic carbocycles. The van der Waals surface area contributed by atoms with Crippen LogP contribution in [-0.2, 0) is 9.53 Å². The fraction of sp³-hybridized carbons (Fsp3) is 0.316. The van der Waals surface area contributed by atoms with Crippen LogP contribution in [0.3, 0.4) is 0 Å². The number of ether oxygens (including phenoxy) is 1. The Morgan fingerprint density at radius 3 is 2.57 bits per heavy atom. The Morgan fingerprint density at radius 1 is 1.18 bits per heavy atom. The molecule has 0 radical (unpaired) electrons. The van der Waals surface area contributed by atoms with Crippen molar-refractivity contribution in [3.05, 3.63) is 48.3 Å². The molecule has 0 saturated carbocycles. The first-order valence-corrected chi connectivity index (χ1v) is 8.52. The van der Waals surface area contributed by atoms with Crippen molar-refractivity contribution in [1.29, 1.82) is 0 Å². The molecule has 1 atom stereocenters. The normalized spacial score (nSPS) is 12.0. The molecule has 28 heavy (non-hydrogen) atoms. The molecular formula is C19H22F2N4O3. The van der Waals surface area contributed by atoms with E-state index in [4.69, 9.17) is 4.74 Å². The van der Waals surface area contributed by atoms with Gasteiger partial charge in [0.15, 0.2) is 0 Å². The van der Waals surface area contributed by atoms with Gasteiger partial charge < -0.3 is 25.5 Å². The molecule has 9 heteroatoms. The third-order valence-electron chi connectivity index (χ3n) is 3.34. The molecular weight excluding hydrogens is 370 g/mol. The quantitative estimate of drug-likeness (QED) is 0.624. The SMILES string of the molecule is CC(C)(C)OC(=O)NC(C=O)CNc1ccc(F)cc1Nc1cncc(F)c1. The Kier molecular flexibility index (Phi) is 6.86. The average molecular weight is 392 g/mol. The van der Waals surface area contributed by atoms with Gasteiger partial charge in [-0.2, -0.15) is 0 Å². The summed E-state index contributed by atoms with van der Waals surface area (Å²) in [6.45, 7) is 5.15. The number of benzene rings is 1. The van der Waals surface area contributed by atoms with E-state index in [9.17, 15) is 18.4 Å². The van der Waals surface area contributed by atoms with Crippen LogP contribution in [-0.4, -0.2) is 35.6 Å². The molecule has 0 aliphatic rings. The molecule has 2 aromatic rings. The number of hydrogen-bond acceptors (Lipinski definition) is 6. The minimum absolute atomic E-state index is 0.0322. The van der Waals surface area contributed by atoms with Crippen LogP contribution in [0.15, 0.2) is 36.7 Å². The van der Waals surface area contributed by atoms with Crippen LogP contribution in [0.25, 0.3) is 0 Å². The molecule has 2 rings (SSSR count). The van der Waals surface area contributed by atoms with E-state index in [0.717, 1.165) is 6.20 Å². The van der Waals surface area contributed by atoms with Crippen molar-refractivity contribution >= 4 is 29.4 Å². The van der Waals surface area contributed by atoms with E-state index in [0.29, 0.717) is 23.3 Å². The number of hydrogen-bond donors (Lipinski definition) is 3. The van der Waals surface area contributed by atoms with E-state index in [1.54, 1.807) is 20.8 Å². The molecule has 0 bridgehead atoms. The zero-order chi connectivity index (χ0) is 20.7. The molecule has 3 N–H and O–H groups in total. The third kappa shape index (κ3) is 6.82. The number of halogens is 2. The van der Waals surface area contributed by atoms with Crippen LogP contribution in [0.5, 0.6) is 0 Å². The topological polar surface area (TPSA) is 92.3 Å². The highest BCUT2D eigenvalue weighted by Gasteiger charge is 2.19. The first-order valence-electron chi connectivity index (χ1n) is 8.52. The van der Waals surface area contributed by atoms with Crippen LogP contribution in [0.4, 0.5) is 30.6 Å². The number of carbonyl (C=O) groups is 2. The van der Waals surface area contributed by atoms with Crippen LogP contribution in [0.1, 0.15) is 20.8 Å². The lowest BCUT2D eigenvalue weighted by Gasteiger charge is -2.22. The third-order valence-corrected chi connectivity index (χ3v) is 3.34. The maximum Gasteiger partial charge on any atom is 0.408 e. The average Bonchev–Trinajstić information content (AvgIpc) is 2.58. The summed E-state index contributed by atoms with van der Waals surface area (Å²) in [5, 5.41) is 8.25. The highest BCUT2D eigenvalue weighted by Crippen LogP contribution is 2.26. The lowest BCUT2D eigenvalue weighted by molar-refractivity contribution is -0.109. The van der Waals surface area contributed by atoms with E-state index < -0.39 is 29.4 Å². The highest BCUT2D eigenvalue weighted by molar-refractivity contribution is 5.76. The van der Waals surface area contributed by atoms with Crippen LogP contribution < -0.4 is 16.0 Å². The molecule has 0 aliphatic heterocycles. The number of nitrogens with one attached hydrogen (secondary N) is 3. The lowest BCUT2D eigenvalue weighted by atomic mass is 10.2. The van der Waals surface area contributed by atoms with Gasteiger partial charge in [-0.1, -0.05) is 0 Å². The van der Waals surface area contributed by atoms with Gasteiger partial charge in [-0.05, 0) is 39.0 Å². The molecule has 0 fully saturated rings. The predicted molar refractivity (Wildman–Crippen MR) is 102 cm³/mol. The van der Waals surface area contributed by atoms with E-state index in [-0.39, 0.29) is 6.54 Å². The largest absolute Gasteiger partial charge is 0.444 e. The van der Waals surface area contributed by atoms with Crippen molar-refractivity contribution in [3.63, 3.8) is 0 Å². The van der Waals surface area contributed by atoms with Crippen LogP contribution >= 0.6 is 0 Å². The Bertz CT molecular complexity index is 840. The number of alkyl carbamates (subject to hydrolysis) is 1. The van der Waals surface area contributed by atoms with Gasteiger partial charge in [0.25, 0.3) is 0 Å². The molecule has 1 heterocycles. The van der Waals surface area contributed by atoms with Gasteiger partial charge in [0.2, 0.25) is 0 Å². The second kappa shape index (κ2) is 9.12. The summed E-state index contributed by atoms with van der Waals surface area (Å²) in [7, 11) is 0. The summed E-state index contributed by atoms with van der Waals surface area (Å²) in [6.07, 6.45) is 2.27. The smallest absolute Gasteiger partial charge is 0.408 e. The van der Waals surface area contributed by atoms with Crippen molar-refractivity contribution in [1.82, 2.24) is 10.3 Å². The molecule has 0 saturated heterocycles. The summed E-state index contributed by atoms with van der Waals surface area (Å²) in [5.41, 5.74) is 0.392. The molecule has 1 amide bonds. The minimum Gasteiger partial charge on any atom is -0.444 e. The summed E-state index contributed by atoms with van der Waals surface area (Å²) in [6, 6.07) is 4.24. The summed E-state index contributed by atoms with van der Waals surface area (Å²) in [5.74, 6) is -1.05. The Hall–Kier alpha value is -3.23. The van der Waals surface area contributed by atoms with E-state index >= 15 is 0 Å². The fourth-order valence-corrected chi connectivity index (χ4v) is 2.22. The Labute approximate surface area is 161 Å². The van der Waals surface area contributed by atoms with Gasteiger partial charge >= 0.3 is 6.09 Å². The first-order chi connectivity index (χ1) is 13.2. The second-order valence-electron chi connectivity index (χ2n) is 6.98. The van der Waals surface area contributed by atoms with Crippen molar-refractivity contribution in [2.45, 2.75) is 32.4 Å². The number of anilines is 3. The van der Waals surface area contributed by atoms with Gasteiger partial charge in [0.05, 0.1) is 29.5 Å². The summed E-state index contributed by atoms with van der Waals surface area (Å²) < 4.78 is 32.1. The number of aromatic nitrogens is 1. The highest BCUT2D eigenvalue weighted by atomic mass is 19.1. The number of aldehydes is 1. The second-order valence-corrected chi connectivity index (χ2v) is 6.98. The van der Waals surface area contributed by atoms with Crippen LogP contribution in [0.2, 0.25) is 0 Å². The molecule has 7 nitrogen and oxygen atoms in total. The summed E-state index contributed by atoms with van der Waals surface area (Å²) in [4.78, 5) is 26.8. The predicted octanol–water partition coefficient (Wildman–Crippen LogP) is 3.61. The van der Waals surface area contributed by atoms with Gasteiger partial charge in [0, 0.05) is 12.6 Å². The van der Waals surface area contributed by atoms with E-state index in [1.165, 1.54) is 30.5 Å². The zero-order valence-electron chi connectivity index (χ0n) is 15.8. The van der Waals surface area contributed by atoms with Crippen molar-refractivity contribution in [2.75, 3.05) is 17.2 Å². The molecule has 1 unspecified atom stereocenters. The minimum atomic E-state index is -0.872. The van der Waals surface area contributed by atoms with E-state index in [2.05, 4.69) is 20.9 Å². The van der Waals surface area contributed by atoms with Crippen molar-refractivity contribution < 1.29 is 23.1 Å². The van der Waals surface area contributed by atoms with Crippen molar-refractivity contribution in [3.8, 4) is 0 Å². The molecule has 150 valence electrons. The molecule has 0 aliphatic carbocycles. The Balaban J connectivity index is 2.06. The first kappa shape index (κ1) is 21.1. The van der Waals surface area contributed by atoms with Crippen molar-refractivity contribution in [2.24, 2.45) is 0 Å². The maximum absolute atomic E-state index is 13.6. The number of carbonyl (C=O) groups excluding carboxylic acids is 2. The summed E-state index contributed by atoms with van der Waals surface area (Å²) >= 11 is 0. The maximum atomic E-state index is 13.6. The monoisotopic (exact) mass is 392 g/mol. The van der Waals surface area contributed by atoms with Gasteiger partial charge in [-0.25, -0.2) is 13.6 Å². The number of rotatable bonds is 7. The van der Waals surface area contributed by atoms with Gasteiger partial charge in [-0.15, -0.1) is 0 Å².